The van der Waals surface area contributed by atoms with E-state index in [-0.39, 0.29) is 10.6 Å². The molecule has 0 saturated heterocycles. The first-order chi connectivity index (χ1) is 14.0. The zero-order valence-corrected chi connectivity index (χ0v) is 16.4. The normalized spacial score (nSPS) is 10.7. The highest BCUT2D eigenvalue weighted by Gasteiger charge is 2.14. The van der Waals surface area contributed by atoms with E-state index in [1.807, 2.05) is 0 Å². The highest BCUT2D eigenvalue weighted by molar-refractivity contribution is 6.33. The third-order valence-electron chi connectivity index (χ3n) is 3.99. The van der Waals surface area contributed by atoms with Crippen LogP contribution in [-0.2, 0) is 4.74 Å². The summed E-state index contributed by atoms with van der Waals surface area (Å²) in [5.74, 6) is 0.416. The topological polar surface area (TPSA) is 90.1 Å². The number of nitrogens with one attached hydrogen (secondary N) is 1. The van der Waals surface area contributed by atoms with Crippen molar-refractivity contribution >= 4 is 29.7 Å². The fourth-order valence-electron chi connectivity index (χ4n) is 2.57. The van der Waals surface area contributed by atoms with Crippen molar-refractivity contribution in [3.63, 3.8) is 0 Å². The summed E-state index contributed by atoms with van der Waals surface area (Å²) in [6, 6.07) is 15.1. The molecule has 2 aromatic carbocycles. The number of nitrogens with zero attached hydrogens (tertiary/aromatic N) is 1. The Morgan fingerprint density at radius 3 is 2.62 bits per heavy atom. The first-order valence-corrected chi connectivity index (χ1v) is 8.85. The molecule has 1 N–H and O–H groups in total. The minimum absolute atomic E-state index is 0.238. The third-order valence-corrected chi connectivity index (χ3v) is 4.32. The van der Waals surface area contributed by atoms with E-state index < -0.39 is 11.9 Å². The average Bonchev–Trinajstić information content (AvgIpc) is 3.22. The van der Waals surface area contributed by atoms with Gasteiger partial charge < -0.3 is 13.9 Å². The van der Waals surface area contributed by atoms with Crippen molar-refractivity contribution in [3.8, 4) is 17.1 Å². The summed E-state index contributed by atoms with van der Waals surface area (Å²) in [4.78, 5) is 24.0. The number of benzene rings is 2. The summed E-state index contributed by atoms with van der Waals surface area (Å²) in [6.07, 6.45) is 1.37. The van der Waals surface area contributed by atoms with Gasteiger partial charge in [0.05, 0.1) is 36.6 Å². The molecular formula is C21H17ClN2O5. The summed E-state index contributed by atoms with van der Waals surface area (Å²) < 4.78 is 15.6. The van der Waals surface area contributed by atoms with Crippen LogP contribution >= 0.6 is 11.6 Å². The largest absolute Gasteiger partial charge is 0.496 e. The number of amides is 1. The lowest BCUT2D eigenvalue weighted by molar-refractivity contribution is 0.0601. The molecule has 29 heavy (non-hydrogen) atoms. The van der Waals surface area contributed by atoms with Crippen LogP contribution in [0.1, 0.15) is 26.5 Å². The lowest BCUT2D eigenvalue weighted by Crippen LogP contribution is -2.18. The fraction of sp³-hybridized carbons (Fsp3) is 0.0952. The lowest BCUT2D eigenvalue weighted by atomic mass is 10.1. The van der Waals surface area contributed by atoms with Crippen LogP contribution < -0.4 is 10.2 Å². The van der Waals surface area contributed by atoms with E-state index >= 15 is 0 Å². The number of halogens is 1. The van der Waals surface area contributed by atoms with Crippen LogP contribution in [0.4, 0.5) is 0 Å². The predicted molar refractivity (Wildman–Crippen MR) is 109 cm³/mol. The van der Waals surface area contributed by atoms with Crippen LogP contribution in [0.25, 0.3) is 11.3 Å². The number of methoxy groups -OCH3 is 2. The van der Waals surface area contributed by atoms with Crippen molar-refractivity contribution in [1.82, 2.24) is 5.43 Å². The standard InChI is InChI=1S/C21H17ClN2O5/c1-27-19-6-4-3-5-15(19)20(25)24-23-12-14-8-10-18(29-14)13-7-9-17(22)16(11-13)21(26)28-2/h3-12H,1-2H3,(H,24,25)/b23-12-. The maximum Gasteiger partial charge on any atom is 0.339 e. The van der Waals surface area contributed by atoms with Gasteiger partial charge in [-0.05, 0) is 42.5 Å². The number of carbonyl (C=O) groups excluding carboxylic acids is 2. The van der Waals surface area contributed by atoms with Gasteiger partial charge in [0.2, 0.25) is 0 Å². The average molecular weight is 413 g/mol. The third kappa shape index (κ3) is 4.64. The zero-order chi connectivity index (χ0) is 20.8. The van der Waals surface area contributed by atoms with Gasteiger partial charge in [-0.1, -0.05) is 23.7 Å². The number of hydrogen-bond donors (Lipinski definition) is 1. The van der Waals surface area contributed by atoms with Gasteiger partial charge in [-0.15, -0.1) is 0 Å². The minimum atomic E-state index is -0.538. The molecule has 148 valence electrons. The van der Waals surface area contributed by atoms with E-state index in [0.29, 0.717) is 28.4 Å². The molecule has 3 aromatic rings. The lowest BCUT2D eigenvalue weighted by Gasteiger charge is -2.05. The Bertz CT molecular complexity index is 1070. The number of rotatable bonds is 6. The second kappa shape index (κ2) is 9.07. The van der Waals surface area contributed by atoms with Crippen LogP contribution in [0, 0.1) is 0 Å². The molecule has 8 heteroatoms. The van der Waals surface area contributed by atoms with Crippen molar-refractivity contribution in [1.29, 1.82) is 0 Å². The molecule has 0 atom stereocenters. The Morgan fingerprint density at radius 2 is 1.86 bits per heavy atom. The van der Waals surface area contributed by atoms with Gasteiger partial charge >= 0.3 is 5.97 Å². The molecule has 7 nitrogen and oxygen atoms in total. The number of para-hydroxylation sites is 1. The van der Waals surface area contributed by atoms with Gasteiger partial charge in [-0.2, -0.15) is 5.10 Å². The second-order valence-corrected chi connectivity index (χ2v) is 6.19. The van der Waals surface area contributed by atoms with Crippen LogP contribution in [0.5, 0.6) is 5.75 Å². The molecular weight excluding hydrogens is 396 g/mol. The van der Waals surface area contributed by atoms with Crippen molar-refractivity contribution in [3.05, 3.63) is 76.5 Å². The first kappa shape index (κ1) is 20.2. The summed E-state index contributed by atoms with van der Waals surface area (Å²) in [5, 5.41) is 4.19. The van der Waals surface area contributed by atoms with Crippen molar-refractivity contribution in [2.45, 2.75) is 0 Å². The Hall–Kier alpha value is -3.58. The van der Waals surface area contributed by atoms with Gasteiger partial charge in [-0.25, -0.2) is 10.2 Å². The highest BCUT2D eigenvalue weighted by atomic mass is 35.5. The number of furan rings is 1. The molecule has 0 aliphatic carbocycles. The number of ether oxygens (including phenoxy) is 2. The molecule has 0 bridgehead atoms. The molecule has 0 aliphatic heterocycles. The highest BCUT2D eigenvalue weighted by Crippen LogP contribution is 2.27. The van der Waals surface area contributed by atoms with Gasteiger partial charge in [0.25, 0.3) is 5.91 Å². The molecule has 1 aromatic heterocycles. The van der Waals surface area contributed by atoms with Gasteiger partial charge in [-0.3, -0.25) is 4.79 Å². The van der Waals surface area contributed by atoms with E-state index in [1.165, 1.54) is 20.4 Å². The molecule has 0 saturated carbocycles. The van der Waals surface area contributed by atoms with Crippen molar-refractivity contribution in [2.24, 2.45) is 5.10 Å². The second-order valence-electron chi connectivity index (χ2n) is 5.79. The zero-order valence-electron chi connectivity index (χ0n) is 15.6. The van der Waals surface area contributed by atoms with E-state index in [9.17, 15) is 9.59 Å². The summed E-state index contributed by atoms with van der Waals surface area (Å²) in [6.45, 7) is 0. The van der Waals surface area contributed by atoms with E-state index in [0.717, 1.165) is 0 Å². The quantitative estimate of drug-likeness (QED) is 0.373. The van der Waals surface area contributed by atoms with Gasteiger partial charge in [0, 0.05) is 5.56 Å². The molecule has 0 spiro atoms. The van der Waals surface area contributed by atoms with Crippen LogP contribution in [0.2, 0.25) is 5.02 Å². The molecule has 3 rings (SSSR count). The van der Waals surface area contributed by atoms with Crippen LogP contribution in [0.3, 0.4) is 0 Å². The maximum atomic E-state index is 12.2. The monoisotopic (exact) mass is 412 g/mol. The van der Waals surface area contributed by atoms with E-state index in [2.05, 4.69) is 10.5 Å². The predicted octanol–water partition coefficient (Wildman–Crippen LogP) is 4.16. The Labute approximate surface area is 171 Å². The summed E-state index contributed by atoms with van der Waals surface area (Å²) >= 11 is 6.03. The molecule has 0 radical (unpaired) electrons. The molecule has 1 heterocycles. The van der Waals surface area contributed by atoms with E-state index in [1.54, 1.807) is 54.6 Å². The van der Waals surface area contributed by atoms with Crippen LogP contribution in [0.15, 0.2) is 64.1 Å². The van der Waals surface area contributed by atoms with Crippen molar-refractivity contribution in [2.75, 3.05) is 14.2 Å². The smallest absolute Gasteiger partial charge is 0.339 e. The Morgan fingerprint density at radius 1 is 1.07 bits per heavy atom. The Kier molecular flexibility index (Phi) is 6.31. The maximum absolute atomic E-state index is 12.2. The fourth-order valence-corrected chi connectivity index (χ4v) is 2.76. The molecule has 1 amide bonds. The first-order valence-electron chi connectivity index (χ1n) is 8.48. The number of hydrazone groups is 1. The summed E-state index contributed by atoms with van der Waals surface area (Å²) in [7, 11) is 2.77. The summed E-state index contributed by atoms with van der Waals surface area (Å²) in [5.41, 5.74) is 3.67. The van der Waals surface area contributed by atoms with Crippen LogP contribution in [-0.4, -0.2) is 32.3 Å². The minimum Gasteiger partial charge on any atom is -0.496 e. The SMILES string of the molecule is COC(=O)c1cc(-c2ccc(/C=N\NC(=O)c3ccccc3OC)o2)ccc1Cl. The molecule has 0 aliphatic rings. The Balaban J connectivity index is 1.72. The number of esters is 1. The number of hydrogen-bond acceptors (Lipinski definition) is 6. The molecule has 0 unspecified atom stereocenters. The van der Waals surface area contributed by atoms with E-state index in [4.69, 9.17) is 25.5 Å². The molecule has 0 fully saturated rings. The van der Waals surface area contributed by atoms with Crippen molar-refractivity contribution < 1.29 is 23.5 Å². The van der Waals surface area contributed by atoms with Gasteiger partial charge in [0.15, 0.2) is 0 Å². The van der Waals surface area contributed by atoms with Gasteiger partial charge in [0.1, 0.15) is 17.3 Å². The number of carbonyl (C=O) groups is 2.